The number of hydrogen-bond acceptors (Lipinski definition) is 2. The molecule has 1 aliphatic rings. The first-order valence-electron chi connectivity index (χ1n) is 5.78. The third kappa shape index (κ3) is 2.45. The van der Waals surface area contributed by atoms with E-state index in [9.17, 15) is 0 Å². The summed E-state index contributed by atoms with van der Waals surface area (Å²) in [6.45, 7) is 1.46. The number of nitrogens with two attached hydrogens (primary N) is 1. The van der Waals surface area contributed by atoms with Gasteiger partial charge in [0, 0.05) is 19.1 Å². The van der Waals surface area contributed by atoms with Crippen LogP contribution in [0.1, 0.15) is 18.4 Å². The Labute approximate surface area is 112 Å². The van der Waals surface area contributed by atoms with E-state index in [1.807, 2.05) is 12.1 Å². The van der Waals surface area contributed by atoms with Gasteiger partial charge in [-0.3, -0.25) is 0 Å². The number of rotatable bonds is 5. The van der Waals surface area contributed by atoms with Crippen LogP contribution in [0.4, 0.5) is 0 Å². The van der Waals surface area contributed by atoms with Gasteiger partial charge in [-0.25, -0.2) is 0 Å². The molecule has 2 atom stereocenters. The number of hydrogen-bond donors (Lipinski definition) is 1. The summed E-state index contributed by atoms with van der Waals surface area (Å²) in [7, 11) is 1.74. The van der Waals surface area contributed by atoms with E-state index in [1.54, 1.807) is 7.11 Å². The summed E-state index contributed by atoms with van der Waals surface area (Å²) in [4.78, 5) is 0. The van der Waals surface area contributed by atoms with E-state index in [-0.39, 0.29) is 5.41 Å². The molecule has 2 N–H and O–H groups in total. The average molecular weight is 274 g/mol. The van der Waals surface area contributed by atoms with Crippen molar-refractivity contribution in [1.82, 2.24) is 0 Å². The van der Waals surface area contributed by atoms with E-state index >= 15 is 0 Å². The largest absolute Gasteiger partial charge is 0.384 e. The lowest BCUT2D eigenvalue weighted by molar-refractivity contribution is 0.177. The van der Waals surface area contributed by atoms with Crippen LogP contribution in [-0.2, 0) is 10.2 Å². The first-order chi connectivity index (χ1) is 8.14. The molecule has 17 heavy (non-hydrogen) atoms. The summed E-state index contributed by atoms with van der Waals surface area (Å²) >= 11 is 12.0. The minimum Gasteiger partial charge on any atom is -0.384 e. The Morgan fingerprint density at radius 1 is 1.41 bits per heavy atom. The van der Waals surface area contributed by atoms with Crippen LogP contribution in [0.2, 0.25) is 10.0 Å². The molecular weight excluding hydrogens is 257 g/mol. The van der Waals surface area contributed by atoms with Crippen molar-refractivity contribution in [3.05, 3.63) is 33.8 Å². The normalized spacial score (nSPS) is 27.2. The lowest BCUT2D eigenvalue weighted by atomic mass is 9.90. The van der Waals surface area contributed by atoms with Crippen LogP contribution >= 0.6 is 23.2 Å². The molecule has 1 aliphatic carbocycles. The van der Waals surface area contributed by atoms with Gasteiger partial charge in [-0.05, 0) is 43.0 Å². The molecule has 0 unspecified atom stereocenters. The highest BCUT2D eigenvalue weighted by Gasteiger charge is 2.54. The monoisotopic (exact) mass is 273 g/mol. The van der Waals surface area contributed by atoms with Crippen molar-refractivity contribution in [1.29, 1.82) is 0 Å². The molecule has 4 heteroatoms. The summed E-state index contributed by atoms with van der Waals surface area (Å²) in [5.41, 5.74) is 7.11. The summed E-state index contributed by atoms with van der Waals surface area (Å²) < 4.78 is 5.24. The Balaban J connectivity index is 2.25. The molecular formula is C13H17Cl2NO. The molecule has 1 fully saturated rings. The molecule has 1 aromatic rings. The van der Waals surface area contributed by atoms with E-state index in [1.165, 1.54) is 5.56 Å². The first kappa shape index (κ1) is 13.2. The highest BCUT2D eigenvalue weighted by Crippen LogP contribution is 2.57. The predicted molar refractivity (Wildman–Crippen MR) is 71.8 cm³/mol. The Morgan fingerprint density at radius 2 is 2.18 bits per heavy atom. The average Bonchev–Trinajstić information content (AvgIpc) is 2.98. The third-order valence-corrected chi connectivity index (χ3v) is 4.42. The van der Waals surface area contributed by atoms with Gasteiger partial charge >= 0.3 is 0 Å². The molecule has 0 amide bonds. The van der Waals surface area contributed by atoms with Crippen LogP contribution in [0.3, 0.4) is 0 Å². The Kier molecular flexibility index (Phi) is 3.99. The van der Waals surface area contributed by atoms with Crippen LogP contribution in [0.5, 0.6) is 0 Å². The maximum atomic E-state index is 6.08. The van der Waals surface area contributed by atoms with Crippen LogP contribution < -0.4 is 5.73 Å². The molecule has 0 spiro atoms. The van der Waals surface area contributed by atoms with E-state index in [0.717, 1.165) is 19.4 Å². The zero-order chi connectivity index (χ0) is 12.5. The molecule has 0 radical (unpaired) electrons. The SMILES string of the molecule is COC[C@H]1C[C@@]1(CCN)c1ccc(Cl)c(Cl)c1. The van der Waals surface area contributed by atoms with E-state index in [2.05, 4.69) is 6.07 Å². The minimum absolute atomic E-state index is 0.152. The fourth-order valence-corrected chi connectivity index (χ4v) is 2.97. The highest BCUT2D eigenvalue weighted by atomic mass is 35.5. The van der Waals surface area contributed by atoms with Gasteiger partial charge in [0.1, 0.15) is 0 Å². The van der Waals surface area contributed by atoms with E-state index in [4.69, 9.17) is 33.7 Å². The number of benzene rings is 1. The molecule has 1 aromatic carbocycles. The smallest absolute Gasteiger partial charge is 0.0595 e. The molecule has 1 saturated carbocycles. The van der Waals surface area contributed by atoms with Gasteiger partial charge < -0.3 is 10.5 Å². The Bertz CT molecular complexity index is 410. The van der Waals surface area contributed by atoms with Crippen molar-refractivity contribution in [3.8, 4) is 0 Å². The third-order valence-electron chi connectivity index (χ3n) is 3.68. The number of methoxy groups -OCH3 is 1. The summed E-state index contributed by atoms with van der Waals surface area (Å²) in [6.07, 6.45) is 2.09. The van der Waals surface area contributed by atoms with Crippen LogP contribution in [0.15, 0.2) is 18.2 Å². The quantitative estimate of drug-likeness (QED) is 0.894. The van der Waals surface area contributed by atoms with Gasteiger partial charge in [0.15, 0.2) is 0 Å². The fraction of sp³-hybridized carbons (Fsp3) is 0.538. The topological polar surface area (TPSA) is 35.2 Å². The second kappa shape index (κ2) is 5.15. The molecule has 2 nitrogen and oxygen atoms in total. The first-order valence-corrected chi connectivity index (χ1v) is 6.54. The highest BCUT2D eigenvalue weighted by molar-refractivity contribution is 6.42. The molecule has 2 rings (SSSR count). The summed E-state index contributed by atoms with van der Waals surface area (Å²) in [5, 5.41) is 1.21. The van der Waals surface area contributed by atoms with Gasteiger partial charge in [0.05, 0.1) is 10.0 Å². The van der Waals surface area contributed by atoms with Crippen molar-refractivity contribution in [3.63, 3.8) is 0 Å². The number of halogens is 2. The number of ether oxygens (including phenoxy) is 1. The molecule has 0 saturated heterocycles. The summed E-state index contributed by atoms with van der Waals surface area (Å²) in [6, 6.07) is 5.88. The molecule has 94 valence electrons. The van der Waals surface area contributed by atoms with Crippen LogP contribution in [-0.4, -0.2) is 20.3 Å². The summed E-state index contributed by atoms with van der Waals surface area (Å²) in [5.74, 6) is 0.549. The molecule has 0 heterocycles. The van der Waals surface area contributed by atoms with Crippen molar-refractivity contribution in [2.75, 3.05) is 20.3 Å². The molecule has 0 aliphatic heterocycles. The lowest BCUT2D eigenvalue weighted by Gasteiger charge is -2.17. The maximum absolute atomic E-state index is 6.08. The van der Waals surface area contributed by atoms with Gasteiger partial charge in [-0.15, -0.1) is 0 Å². The van der Waals surface area contributed by atoms with Gasteiger partial charge in [0.25, 0.3) is 0 Å². The molecule has 0 bridgehead atoms. The van der Waals surface area contributed by atoms with E-state index < -0.39 is 0 Å². The zero-order valence-electron chi connectivity index (χ0n) is 9.88. The van der Waals surface area contributed by atoms with Crippen molar-refractivity contribution < 1.29 is 4.74 Å². The Hall–Kier alpha value is -0.280. The standard InChI is InChI=1S/C13H17Cl2NO/c1-17-8-10-7-13(10,4-5-16)9-2-3-11(14)12(15)6-9/h2-3,6,10H,4-5,7-8,16H2,1H3/t10-,13+/m1/s1. The van der Waals surface area contributed by atoms with Crippen LogP contribution in [0, 0.1) is 5.92 Å². The second-order valence-electron chi connectivity index (χ2n) is 4.68. The fourth-order valence-electron chi connectivity index (χ4n) is 2.67. The minimum atomic E-state index is 0.152. The van der Waals surface area contributed by atoms with Gasteiger partial charge in [-0.1, -0.05) is 29.3 Å². The van der Waals surface area contributed by atoms with Crippen molar-refractivity contribution in [2.45, 2.75) is 18.3 Å². The predicted octanol–water partition coefficient (Wildman–Crippen LogP) is 3.25. The Morgan fingerprint density at radius 3 is 2.76 bits per heavy atom. The lowest BCUT2D eigenvalue weighted by Crippen LogP contribution is -2.17. The maximum Gasteiger partial charge on any atom is 0.0595 e. The molecule has 0 aromatic heterocycles. The van der Waals surface area contributed by atoms with Crippen LogP contribution in [0.25, 0.3) is 0 Å². The van der Waals surface area contributed by atoms with Gasteiger partial charge in [-0.2, -0.15) is 0 Å². The van der Waals surface area contributed by atoms with Crippen molar-refractivity contribution in [2.24, 2.45) is 11.7 Å². The second-order valence-corrected chi connectivity index (χ2v) is 5.49. The zero-order valence-corrected chi connectivity index (χ0v) is 11.4. The van der Waals surface area contributed by atoms with Crippen molar-refractivity contribution >= 4 is 23.2 Å². The van der Waals surface area contributed by atoms with E-state index in [0.29, 0.717) is 22.5 Å². The van der Waals surface area contributed by atoms with Gasteiger partial charge in [0.2, 0.25) is 0 Å².